The number of nitrogens with zero attached hydrogens (tertiary/aromatic N) is 2. The van der Waals surface area contributed by atoms with E-state index < -0.39 is 0 Å². The van der Waals surface area contributed by atoms with Crippen molar-refractivity contribution in [1.29, 1.82) is 0 Å². The molecule has 0 aliphatic rings. The van der Waals surface area contributed by atoms with E-state index in [-0.39, 0.29) is 0 Å². The molecule has 0 N–H and O–H groups in total. The van der Waals surface area contributed by atoms with E-state index in [2.05, 4.69) is 215 Å². The van der Waals surface area contributed by atoms with Gasteiger partial charge in [-0.15, -0.1) is 0 Å². The van der Waals surface area contributed by atoms with Crippen molar-refractivity contribution in [2.45, 2.75) is 0 Å². The van der Waals surface area contributed by atoms with Crippen LogP contribution in [-0.4, -0.2) is 9.13 Å². The number of rotatable bonds is 4. The Kier molecular flexibility index (Phi) is 6.66. The summed E-state index contributed by atoms with van der Waals surface area (Å²) >= 11 is 0. The van der Waals surface area contributed by atoms with Crippen molar-refractivity contribution < 1.29 is 0 Å². The molecule has 2 aromatic heterocycles. The molecule has 0 bridgehead atoms. The number of benzene rings is 10. The number of aromatic nitrogens is 2. The minimum absolute atomic E-state index is 1.15. The molecule has 2 heterocycles. The summed E-state index contributed by atoms with van der Waals surface area (Å²) in [6.45, 7) is 0. The third-order valence-electron chi connectivity index (χ3n) is 11.9. The minimum atomic E-state index is 1.15. The summed E-state index contributed by atoms with van der Waals surface area (Å²) in [4.78, 5) is 0. The van der Waals surface area contributed by atoms with Gasteiger partial charge >= 0.3 is 0 Å². The number of fused-ring (bicyclic) bond motifs is 13. The van der Waals surface area contributed by atoms with Crippen LogP contribution in [0, 0.1) is 0 Å². The molecule has 2 heteroatoms. The van der Waals surface area contributed by atoms with Crippen molar-refractivity contribution in [3.63, 3.8) is 0 Å². The maximum absolute atomic E-state index is 2.46. The maximum atomic E-state index is 2.46. The molecule has 0 atom stereocenters. The Labute approximate surface area is 323 Å². The highest BCUT2D eigenvalue weighted by molar-refractivity contribution is 6.33. The Morgan fingerprint density at radius 2 is 0.714 bits per heavy atom. The molecule has 0 aliphatic carbocycles. The summed E-state index contributed by atoms with van der Waals surface area (Å²) in [5.41, 5.74) is 12.0. The zero-order chi connectivity index (χ0) is 36.7. The van der Waals surface area contributed by atoms with Gasteiger partial charge in [0.15, 0.2) is 0 Å². The van der Waals surface area contributed by atoms with Crippen molar-refractivity contribution in [1.82, 2.24) is 9.13 Å². The molecule has 56 heavy (non-hydrogen) atoms. The molecular weight excluding hydrogens is 677 g/mol. The summed E-state index contributed by atoms with van der Waals surface area (Å²) in [6, 6.07) is 75.7. The molecule has 2 nitrogen and oxygen atoms in total. The van der Waals surface area contributed by atoms with Crippen molar-refractivity contribution in [3.05, 3.63) is 206 Å². The summed E-state index contributed by atoms with van der Waals surface area (Å²) in [5.74, 6) is 0. The maximum Gasteiger partial charge on any atom is 0.0549 e. The second kappa shape index (κ2) is 12.0. The zero-order valence-electron chi connectivity index (χ0n) is 30.5. The minimum Gasteiger partial charge on any atom is -0.309 e. The van der Waals surface area contributed by atoms with Gasteiger partial charge in [0.25, 0.3) is 0 Å². The summed E-state index contributed by atoms with van der Waals surface area (Å²) in [5, 5.41) is 12.7. The van der Waals surface area contributed by atoms with E-state index in [1.165, 1.54) is 98.2 Å². The molecule has 10 aromatic carbocycles. The van der Waals surface area contributed by atoms with Gasteiger partial charge in [0.1, 0.15) is 0 Å². The van der Waals surface area contributed by atoms with E-state index in [1.807, 2.05) is 0 Å². The third-order valence-corrected chi connectivity index (χ3v) is 11.9. The third kappa shape index (κ3) is 4.38. The standard InChI is InChI=1S/C54H34N2/c1-4-17-35(18-5-1)45-33-36(34-46-42-25-11-10-23-40(42)41-24-12-13-26-43(41)51(45)46)39-28-16-30-48-52(39)54-50(56(48)38-21-8-3-9-22-38)32-31-49-53(54)44-27-14-15-29-47(44)55(49)37-19-6-2-7-20-37/h1-34H. The Balaban J connectivity index is 1.29. The van der Waals surface area contributed by atoms with Crippen LogP contribution in [0.25, 0.3) is 110 Å². The predicted octanol–water partition coefficient (Wildman–Crippen LogP) is 14.7. The van der Waals surface area contributed by atoms with Crippen LogP contribution in [0.5, 0.6) is 0 Å². The van der Waals surface area contributed by atoms with Crippen LogP contribution in [0.2, 0.25) is 0 Å². The number of hydrogen-bond donors (Lipinski definition) is 0. The van der Waals surface area contributed by atoms with Crippen LogP contribution in [0.15, 0.2) is 206 Å². The van der Waals surface area contributed by atoms with Gasteiger partial charge in [-0.05, 0) is 115 Å². The molecule has 0 spiro atoms. The zero-order valence-corrected chi connectivity index (χ0v) is 30.5. The molecule has 260 valence electrons. The van der Waals surface area contributed by atoms with E-state index in [1.54, 1.807) is 0 Å². The average molecular weight is 711 g/mol. The molecule has 0 saturated heterocycles. The first-order valence-electron chi connectivity index (χ1n) is 19.4. The molecule has 0 unspecified atom stereocenters. The van der Waals surface area contributed by atoms with E-state index in [0.29, 0.717) is 0 Å². The van der Waals surface area contributed by atoms with E-state index >= 15 is 0 Å². The first kappa shape index (κ1) is 31.0. The fraction of sp³-hybridized carbons (Fsp3) is 0. The largest absolute Gasteiger partial charge is 0.309 e. The van der Waals surface area contributed by atoms with Crippen molar-refractivity contribution in [2.24, 2.45) is 0 Å². The summed E-state index contributed by atoms with van der Waals surface area (Å²) in [6.07, 6.45) is 0. The van der Waals surface area contributed by atoms with Gasteiger partial charge in [-0.2, -0.15) is 0 Å². The lowest BCUT2D eigenvalue weighted by atomic mass is 9.86. The molecule has 0 fully saturated rings. The molecule has 12 aromatic rings. The molecule has 0 amide bonds. The van der Waals surface area contributed by atoms with Crippen LogP contribution in [0.4, 0.5) is 0 Å². The molecule has 12 rings (SSSR count). The highest BCUT2D eigenvalue weighted by atomic mass is 15.0. The van der Waals surface area contributed by atoms with Gasteiger partial charge in [0.2, 0.25) is 0 Å². The van der Waals surface area contributed by atoms with Crippen LogP contribution in [0.1, 0.15) is 0 Å². The highest BCUT2D eigenvalue weighted by Gasteiger charge is 2.23. The Hall–Kier alpha value is -7.42. The van der Waals surface area contributed by atoms with Gasteiger partial charge in [-0.25, -0.2) is 0 Å². The average Bonchev–Trinajstić information content (AvgIpc) is 3.80. The lowest BCUT2D eigenvalue weighted by Gasteiger charge is -2.17. The second-order valence-electron chi connectivity index (χ2n) is 14.8. The normalized spacial score (nSPS) is 11.9. The predicted molar refractivity (Wildman–Crippen MR) is 239 cm³/mol. The first-order valence-corrected chi connectivity index (χ1v) is 19.4. The Morgan fingerprint density at radius 3 is 1.39 bits per heavy atom. The first-order chi connectivity index (χ1) is 27.8. The fourth-order valence-electron chi connectivity index (χ4n) is 9.59. The van der Waals surface area contributed by atoms with Crippen LogP contribution >= 0.6 is 0 Å². The van der Waals surface area contributed by atoms with Crippen molar-refractivity contribution in [2.75, 3.05) is 0 Å². The van der Waals surface area contributed by atoms with Crippen molar-refractivity contribution >= 4 is 75.9 Å². The van der Waals surface area contributed by atoms with E-state index in [4.69, 9.17) is 0 Å². The molecule has 0 radical (unpaired) electrons. The molecule has 0 saturated carbocycles. The Morgan fingerprint density at radius 1 is 0.232 bits per heavy atom. The topological polar surface area (TPSA) is 9.86 Å². The highest BCUT2D eigenvalue weighted by Crippen LogP contribution is 2.48. The second-order valence-corrected chi connectivity index (χ2v) is 14.8. The van der Waals surface area contributed by atoms with Gasteiger partial charge < -0.3 is 9.13 Å². The molecule has 0 aliphatic heterocycles. The Bertz CT molecular complexity index is 3500. The van der Waals surface area contributed by atoms with Crippen molar-refractivity contribution in [3.8, 4) is 33.6 Å². The van der Waals surface area contributed by atoms with Gasteiger partial charge in [-0.1, -0.05) is 146 Å². The number of hydrogen-bond acceptors (Lipinski definition) is 0. The smallest absolute Gasteiger partial charge is 0.0549 e. The monoisotopic (exact) mass is 710 g/mol. The lowest BCUT2D eigenvalue weighted by Crippen LogP contribution is -1.94. The summed E-state index contributed by atoms with van der Waals surface area (Å²) in [7, 11) is 0. The van der Waals surface area contributed by atoms with E-state index in [0.717, 1.165) is 11.4 Å². The number of para-hydroxylation sites is 3. The fourth-order valence-corrected chi connectivity index (χ4v) is 9.59. The van der Waals surface area contributed by atoms with Gasteiger partial charge in [-0.3, -0.25) is 0 Å². The summed E-state index contributed by atoms with van der Waals surface area (Å²) < 4.78 is 4.89. The van der Waals surface area contributed by atoms with E-state index in [9.17, 15) is 0 Å². The van der Waals surface area contributed by atoms with Crippen LogP contribution in [0.3, 0.4) is 0 Å². The van der Waals surface area contributed by atoms with Gasteiger partial charge in [0, 0.05) is 32.9 Å². The van der Waals surface area contributed by atoms with Crippen LogP contribution in [-0.2, 0) is 0 Å². The molecular formula is C54H34N2. The van der Waals surface area contributed by atoms with Gasteiger partial charge in [0.05, 0.1) is 22.1 Å². The SMILES string of the molecule is c1ccc(-c2cc(-c3cccc4c3c3c5c6ccccc6n(-c6ccccc6)c5ccc3n4-c3ccccc3)cc3c4ccccc4c4ccccc4c23)cc1. The van der Waals surface area contributed by atoms with Crippen LogP contribution < -0.4 is 0 Å². The lowest BCUT2D eigenvalue weighted by molar-refractivity contribution is 1.17. The quantitative estimate of drug-likeness (QED) is 0.161.